The van der Waals surface area contributed by atoms with Crippen LogP contribution in [0, 0.1) is 13.8 Å². The molecule has 1 aliphatic rings. The Bertz CT molecular complexity index is 364. The molecular formula is C15H23NO2. The predicted molar refractivity (Wildman–Crippen MR) is 72.8 cm³/mol. The molecule has 0 spiro atoms. The first-order valence-corrected chi connectivity index (χ1v) is 6.71. The van der Waals surface area contributed by atoms with Gasteiger partial charge in [-0.25, -0.2) is 0 Å². The van der Waals surface area contributed by atoms with Gasteiger partial charge in [0.05, 0.1) is 12.7 Å². The number of nitrogens with zero attached hydrogens (tertiary/aromatic N) is 1. The van der Waals surface area contributed by atoms with E-state index in [0.717, 1.165) is 38.3 Å². The summed E-state index contributed by atoms with van der Waals surface area (Å²) >= 11 is 0. The third-order valence-corrected chi connectivity index (χ3v) is 3.37. The van der Waals surface area contributed by atoms with Crippen LogP contribution < -0.4 is 0 Å². The lowest BCUT2D eigenvalue weighted by molar-refractivity contribution is 0.103. The number of rotatable bonds is 3. The Labute approximate surface area is 109 Å². The van der Waals surface area contributed by atoms with Crippen LogP contribution in [0.4, 0.5) is 0 Å². The van der Waals surface area contributed by atoms with Crippen molar-refractivity contribution in [3.8, 4) is 0 Å². The molecule has 0 radical (unpaired) electrons. The van der Waals surface area contributed by atoms with Crippen molar-refractivity contribution in [2.24, 2.45) is 0 Å². The third-order valence-electron chi connectivity index (χ3n) is 3.37. The van der Waals surface area contributed by atoms with Crippen molar-refractivity contribution in [1.82, 2.24) is 4.90 Å². The molecule has 1 aromatic carbocycles. The maximum Gasteiger partial charge on any atom is 0.0917 e. The minimum Gasteiger partial charge on any atom is -0.387 e. The van der Waals surface area contributed by atoms with Crippen LogP contribution in [-0.4, -0.2) is 42.9 Å². The summed E-state index contributed by atoms with van der Waals surface area (Å²) in [4.78, 5) is 2.29. The van der Waals surface area contributed by atoms with Gasteiger partial charge in [-0.05, 0) is 25.8 Å². The molecule has 1 atom stereocenters. The Hall–Kier alpha value is -0.900. The van der Waals surface area contributed by atoms with Crippen LogP contribution in [-0.2, 0) is 4.74 Å². The highest BCUT2D eigenvalue weighted by molar-refractivity contribution is 5.30. The zero-order valence-electron chi connectivity index (χ0n) is 11.4. The Morgan fingerprint density at radius 1 is 1.17 bits per heavy atom. The maximum absolute atomic E-state index is 10.3. The summed E-state index contributed by atoms with van der Waals surface area (Å²) in [7, 11) is 0. The van der Waals surface area contributed by atoms with Gasteiger partial charge in [0.1, 0.15) is 0 Å². The van der Waals surface area contributed by atoms with E-state index in [1.807, 2.05) is 0 Å². The van der Waals surface area contributed by atoms with Gasteiger partial charge in [-0.2, -0.15) is 0 Å². The molecule has 3 heteroatoms. The second kappa shape index (κ2) is 6.32. The molecule has 1 fully saturated rings. The number of ether oxygens (including phenoxy) is 1. The van der Waals surface area contributed by atoms with Crippen molar-refractivity contribution in [2.75, 3.05) is 32.8 Å². The van der Waals surface area contributed by atoms with Crippen LogP contribution in [0.1, 0.15) is 29.2 Å². The molecule has 1 saturated heterocycles. The van der Waals surface area contributed by atoms with Gasteiger partial charge >= 0.3 is 0 Å². The topological polar surface area (TPSA) is 32.7 Å². The monoisotopic (exact) mass is 249 g/mol. The van der Waals surface area contributed by atoms with Crippen molar-refractivity contribution >= 4 is 0 Å². The fraction of sp³-hybridized carbons (Fsp3) is 0.600. The second-order valence-corrected chi connectivity index (χ2v) is 5.20. The van der Waals surface area contributed by atoms with Crippen molar-refractivity contribution in [2.45, 2.75) is 26.4 Å². The summed E-state index contributed by atoms with van der Waals surface area (Å²) in [6.07, 6.45) is 0.654. The second-order valence-electron chi connectivity index (χ2n) is 5.20. The van der Waals surface area contributed by atoms with Gasteiger partial charge in [0.15, 0.2) is 0 Å². The number of aliphatic hydroxyl groups is 1. The van der Waals surface area contributed by atoms with Crippen molar-refractivity contribution < 1.29 is 9.84 Å². The molecule has 0 saturated carbocycles. The average Bonchev–Trinajstić information content (AvgIpc) is 2.56. The number of β-amino-alcohol motifs (C(OH)–C–C–N with tert-alkyl or cyclic N) is 1. The summed E-state index contributed by atoms with van der Waals surface area (Å²) in [5.41, 5.74) is 3.45. The van der Waals surface area contributed by atoms with Crippen LogP contribution in [0.2, 0.25) is 0 Å². The number of hydrogen-bond donors (Lipinski definition) is 1. The molecule has 0 aromatic heterocycles. The summed E-state index contributed by atoms with van der Waals surface area (Å²) in [6.45, 7) is 8.40. The Morgan fingerprint density at radius 2 is 1.89 bits per heavy atom. The van der Waals surface area contributed by atoms with E-state index < -0.39 is 6.10 Å². The predicted octanol–water partition coefficient (Wildman–Crippen LogP) is 2.06. The molecule has 0 amide bonds. The van der Waals surface area contributed by atoms with E-state index in [4.69, 9.17) is 4.74 Å². The highest BCUT2D eigenvalue weighted by Crippen LogP contribution is 2.18. The first-order valence-electron chi connectivity index (χ1n) is 6.71. The number of benzene rings is 1. The molecular weight excluding hydrogens is 226 g/mol. The average molecular weight is 249 g/mol. The van der Waals surface area contributed by atoms with Gasteiger partial charge in [-0.1, -0.05) is 29.3 Å². The molecule has 0 bridgehead atoms. The zero-order valence-corrected chi connectivity index (χ0v) is 11.4. The van der Waals surface area contributed by atoms with Crippen LogP contribution in [0.25, 0.3) is 0 Å². The van der Waals surface area contributed by atoms with Crippen molar-refractivity contribution in [3.63, 3.8) is 0 Å². The minimum absolute atomic E-state index is 0.401. The molecule has 3 nitrogen and oxygen atoms in total. The fourth-order valence-electron chi connectivity index (χ4n) is 2.53. The molecule has 1 N–H and O–H groups in total. The van der Waals surface area contributed by atoms with E-state index in [1.165, 1.54) is 11.1 Å². The number of aliphatic hydroxyl groups excluding tert-OH is 1. The molecule has 1 aliphatic heterocycles. The maximum atomic E-state index is 10.3. The van der Waals surface area contributed by atoms with E-state index in [1.54, 1.807) is 0 Å². The smallest absolute Gasteiger partial charge is 0.0917 e. The quantitative estimate of drug-likeness (QED) is 0.890. The van der Waals surface area contributed by atoms with E-state index in [0.29, 0.717) is 6.54 Å². The van der Waals surface area contributed by atoms with Gasteiger partial charge < -0.3 is 9.84 Å². The highest BCUT2D eigenvalue weighted by atomic mass is 16.5. The highest BCUT2D eigenvalue weighted by Gasteiger charge is 2.15. The van der Waals surface area contributed by atoms with E-state index in [2.05, 4.69) is 36.9 Å². The van der Waals surface area contributed by atoms with Crippen molar-refractivity contribution in [3.05, 3.63) is 34.9 Å². The summed E-state index contributed by atoms with van der Waals surface area (Å²) in [5, 5.41) is 10.3. The van der Waals surface area contributed by atoms with E-state index >= 15 is 0 Å². The van der Waals surface area contributed by atoms with Crippen molar-refractivity contribution in [1.29, 1.82) is 0 Å². The van der Waals surface area contributed by atoms with Gasteiger partial charge in [-0.15, -0.1) is 0 Å². The van der Waals surface area contributed by atoms with Crippen LogP contribution in [0.5, 0.6) is 0 Å². The zero-order chi connectivity index (χ0) is 13.0. The summed E-state index contributed by atoms with van der Waals surface area (Å²) in [6, 6.07) is 6.29. The fourth-order valence-corrected chi connectivity index (χ4v) is 2.53. The summed E-state index contributed by atoms with van der Waals surface area (Å²) in [5.74, 6) is 0. The van der Waals surface area contributed by atoms with Crippen LogP contribution in [0.3, 0.4) is 0 Å². The SMILES string of the molecule is Cc1cc(C)cc(C(O)CN2CCCOCC2)c1. The Balaban J connectivity index is 1.99. The Kier molecular flexibility index (Phi) is 4.75. The lowest BCUT2D eigenvalue weighted by atomic mass is 10.0. The van der Waals surface area contributed by atoms with E-state index in [9.17, 15) is 5.11 Å². The number of aryl methyl sites for hydroxylation is 2. The Morgan fingerprint density at radius 3 is 2.61 bits per heavy atom. The summed E-state index contributed by atoms with van der Waals surface area (Å²) < 4.78 is 5.43. The van der Waals surface area contributed by atoms with Crippen LogP contribution >= 0.6 is 0 Å². The lowest BCUT2D eigenvalue weighted by Crippen LogP contribution is -2.31. The molecule has 100 valence electrons. The normalized spacial score (nSPS) is 19.5. The molecule has 2 rings (SSSR count). The van der Waals surface area contributed by atoms with Gasteiger partial charge in [0, 0.05) is 26.2 Å². The number of hydrogen-bond acceptors (Lipinski definition) is 3. The molecule has 0 aliphatic carbocycles. The van der Waals surface area contributed by atoms with E-state index in [-0.39, 0.29) is 0 Å². The molecule has 1 heterocycles. The first kappa shape index (κ1) is 13.5. The first-order chi connectivity index (χ1) is 8.65. The van der Waals surface area contributed by atoms with Gasteiger partial charge in [0.25, 0.3) is 0 Å². The van der Waals surface area contributed by atoms with Crippen LogP contribution in [0.15, 0.2) is 18.2 Å². The van der Waals surface area contributed by atoms with Gasteiger partial charge in [-0.3, -0.25) is 4.90 Å². The lowest BCUT2D eigenvalue weighted by Gasteiger charge is -2.23. The standard InChI is InChI=1S/C15H23NO2/c1-12-8-13(2)10-14(9-12)15(17)11-16-4-3-6-18-7-5-16/h8-10,15,17H,3-7,11H2,1-2H3. The largest absolute Gasteiger partial charge is 0.387 e. The molecule has 1 unspecified atom stereocenters. The minimum atomic E-state index is -0.401. The van der Waals surface area contributed by atoms with Gasteiger partial charge in [0.2, 0.25) is 0 Å². The molecule has 18 heavy (non-hydrogen) atoms. The third kappa shape index (κ3) is 3.80. The molecule has 1 aromatic rings.